The number of amides is 12. The number of carbonyl (C=O) groups is 17. The van der Waals surface area contributed by atoms with Gasteiger partial charge in [0.25, 0.3) is 0 Å². The van der Waals surface area contributed by atoms with Gasteiger partial charge in [0.05, 0.1) is 12.3 Å². The van der Waals surface area contributed by atoms with Crippen molar-refractivity contribution >= 4 is 124 Å². The number of benzene rings is 3. The topological polar surface area (TPSA) is 576 Å². The van der Waals surface area contributed by atoms with Gasteiger partial charge in [-0.3, -0.25) is 67.1 Å². The Labute approximate surface area is 615 Å². The Morgan fingerprint density at radius 2 is 0.745 bits per heavy atom. The second kappa shape index (κ2) is 48.7. The van der Waals surface area contributed by atoms with E-state index in [4.69, 9.17) is 10.2 Å². The van der Waals surface area contributed by atoms with E-state index in [0.717, 1.165) is 10.8 Å². The smallest absolute Gasteiger partial charge is 0.326 e. The van der Waals surface area contributed by atoms with Gasteiger partial charge >= 0.3 is 41.8 Å². The van der Waals surface area contributed by atoms with E-state index in [1.54, 1.807) is 18.2 Å². The third-order valence-electron chi connectivity index (χ3n) is 16.2. The molecule has 0 saturated carbocycles. The van der Waals surface area contributed by atoms with Crippen molar-refractivity contribution in [2.75, 3.05) is 31.9 Å². The molecule has 0 aliphatic heterocycles. The molecule has 0 fully saturated rings. The SMILES string of the molecule is CC(=O)N[C@@H](CCCCNC(=O)CNC(=O)C(CCC(=O)O)NC(=O)C(CCC(=O)O)NC(=O)C(CCC(=O)O)NC(=O)CS)C(=O)NCCCCCCCC(=O)N[C@@H](Cc1ccc(O)cc1)C(=O)N[C@@H](Cc1ccc2ccccc2c1)C(=O)NCCCC[C@H](NC(=O)N[C@@H](CCC(=O)O)C(=O)O)C(=O)O. The number of hydrogen-bond acceptors (Lipinski definition) is 19. The molecule has 0 radical (unpaired) electrons. The van der Waals surface area contributed by atoms with Gasteiger partial charge in [-0.15, -0.1) is 0 Å². The van der Waals surface area contributed by atoms with Crippen LogP contribution in [-0.4, -0.2) is 217 Å². The standard InChI is InChI=1S/C69H96N12O24S/c1-40(82)74-46(15-8-11-32-70-55(85)38-73-62(96)47(24-28-57(87)88)77-65(99)49(26-30-59(91)92)78-64(98)48(25-29-58(89)90)75-56(86)39-106)61(95)71-33-10-4-2-3-5-17-54(84)76-53(36-41-19-22-45(83)23-20-41)66(100)79-52(37-42-18-21-43-13-6-7-14-44(43)35-42)63(97)72-34-12-9-16-50(67(101)102)80-69(105)81-51(68(103)104)27-31-60(93)94/h6-7,13-14,18-23,35,46-53,83,106H,2-5,8-12,15-17,24-34,36-39H2,1H3,(H,70,85)(H,71,95)(H,72,97)(H,73,96)(H,74,82)(H,75,86)(H,76,84)(H,77,99)(H,78,98)(H,79,100)(H,87,88)(H,89,90)(H,91,92)(H,93,94)(H,101,102)(H,103,104)(H2,80,81,105)/t46-,47?,48?,49?,50-,51-,52-,53-/m0/s1. The lowest BCUT2D eigenvalue weighted by Crippen LogP contribution is -2.57. The van der Waals surface area contributed by atoms with Crippen molar-refractivity contribution in [1.29, 1.82) is 0 Å². The lowest BCUT2D eigenvalue weighted by molar-refractivity contribution is -0.141. The molecule has 0 heterocycles. The van der Waals surface area contributed by atoms with Crippen LogP contribution in [0.1, 0.15) is 146 Å². The highest BCUT2D eigenvalue weighted by atomic mass is 32.1. The Hall–Kier alpha value is -11.1. The summed E-state index contributed by atoms with van der Waals surface area (Å²) in [6.45, 7) is 0.868. The predicted molar refractivity (Wildman–Crippen MR) is 380 cm³/mol. The van der Waals surface area contributed by atoms with Gasteiger partial charge in [-0.25, -0.2) is 14.4 Å². The molecule has 582 valence electrons. The molecule has 37 heteroatoms. The molecular weight excluding hydrogens is 1410 g/mol. The van der Waals surface area contributed by atoms with Crippen LogP contribution in [-0.2, 0) is 89.6 Å². The second-order valence-corrected chi connectivity index (χ2v) is 25.2. The molecule has 19 N–H and O–H groups in total. The minimum Gasteiger partial charge on any atom is -0.508 e. The summed E-state index contributed by atoms with van der Waals surface area (Å²) in [5.74, 6) is -16.2. The third-order valence-corrected chi connectivity index (χ3v) is 16.5. The Balaban J connectivity index is 1.52. The van der Waals surface area contributed by atoms with E-state index >= 15 is 0 Å². The van der Waals surface area contributed by atoms with E-state index < -0.39 is 213 Å². The predicted octanol–water partition coefficient (Wildman–Crippen LogP) is -0.000100. The fraction of sp³-hybridized carbons (Fsp3) is 0.522. The molecule has 12 amide bonds. The number of aromatic hydroxyl groups is 1. The molecular formula is C69H96N12O24S. The van der Waals surface area contributed by atoms with E-state index in [9.17, 15) is 107 Å². The van der Waals surface area contributed by atoms with Crippen LogP contribution >= 0.6 is 12.6 Å². The van der Waals surface area contributed by atoms with Crippen LogP contribution in [0.25, 0.3) is 10.8 Å². The summed E-state index contributed by atoms with van der Waals surface area (Å²) in [6, 6.07) is 6.67. The molecule has 0 aliphatic rings. The number of carboxylic acids is 6. The number of aliphatic carboxylic acids is 6. The highest BCUT2D eigenvalue weighted by Gasteiger charge is 2.33. The molecule has 0 aliphatic carbocycles. The van der Waals surface area contributed by atoms with Gasteiger partial charge in [-0.2, -0.15) is 12.6 Å². The van der Waals surface area contributed by atoms with Gasteiger partial charge in [-0.1, -0.05) is 73.9 Å². The molecule has 0 bridgehead atoms. The molecule has 3 aromatic rings. The van der Waals surface area contributed by atoms with E-state index in [2.05, 4.69) is 76.4 Å². The summed E-state index contributed by atoms with van der Waals surface area (Å²) in [7, 11) is 0. The van der Waals surface area contributed by atoms with Gasteiger partial charge in [0.15, 0.2) is 0 Å². The summed E-state index contributed by atoms with van der Waals surface area (Å²) < 4.78 is 0. The number of fused-ring (bicyclic) bond motifs is 1. The summed E-state index contributed by atoms with van der Waals surface area (Å²) in [5, 5.41) is 97.2. The summed E-state index contributed by atoms with van der Waals surface area (Å²) in [4.78, 5) is 213. The Morgan fingerprint density at radius 3 is 1.28 bits per heavy atom. The first-order valence-corrected chi connectivity index (χ1v) is 35.1. The maximum absolute atomic E-state index is 14.3. The molecule has 0 saturated heterocycles. The Kier molecular flexibility index (Phi) is 41.0. The van der Waals surface area contributed by atoms with E-state index in [-0.39, 0.29) is 70.3 Å². The van der Waals surface area contributed by atoms with Gasteiger partial charge in [0, 0.05) is 71.5 Å². The number of rotatable bonds is 53. The number of unbranched alkanes of at least 4 members (excludes halogenated alkanes) is 6. The van der Waals surface area contributed by atoms with Crippen molar-refractivity contribution < 1.29 is 117 Å². The first-order chi connectivity index (χ1) is 50.3. The first kappa shape index (κ1) is 89.1. The van der Waals surface area contributed by atoms with Crippen molar-refractivity contribution in [2.45, 2.75) is 197 Å². The number of phenolic OH excluding ortho intramolecular Hbond substituents is 1. The quantitative estimate of drug-likeness (QED) is 0.0261. The number of urea groups is 1. The van der Waals surface area contributed by atoms with Crippen molar-refractivity contribution in [1.82, 2.24) is 63.8 Å². The molecule has 3 aromatic carbocycles. The van der Waals surface area contributed by atoms with Crippen LogP contribution in [0, 0.1) is 0 Å². The van der Waals surface area contributed by atoms with E-state index in [1.165, 1.54) is 19.1 Å². The van der Waals surface area contributed by atoms with Crippen LogP contribution in [0.15, 0.2) is 66.7 Å². The molecule has 8 atom stereocenters. The summed E-state index contributed by atoms with van der Waals surface area (Å²) in [5.41, 5.74) is 1.25. The van der Waals surface area contributed by atoms with Crippen LogP contribution in [0.2, 0.25) is 0 Å². The number of phenols is 1. The van der Waals surface area contributed by atoms with Crippen LogP contribution in [0.3, 0.4) is 0 Å². The highest BCUT2D eigenvalue weighted by molar-refractivity contribution is 7.81. The van der Waals surface area contributed by atoms with Crippen LogP contribution < -0.4 is 63.8 Å². The lowest BCUT2D eigenvalue weighted by atomic mass is 10.00. The van der Waals surface area contributed by atoms with Crippen LogP contribution in [0.5, 0.6) is 5.75 Å². The van der Waals surface area contributed by atoms with Crippen molar-refractivity contribution in [2.24, 2.45) is 0 Å². The summed E-state index contributed by atoms with van der Waals surface area (Å²) >= 11 is 3.81. The average molecular weight is 1510 g/mol. The van der Waals surface area contributed by atoms with Crippen molar-refractivity contribution in [3.8, 4) is 5.75 Å². The minimum atomic E-state index is -1.68. The maximum atomic E-state index is 14.3. The highest BCUT2D eigenvalue weighted by Crippen LogP contribution is 2.19. The Bertz CT molecular complexity index is 3530. The monoisotopic (exact) mass is 1510 g/mol. The van der Waals surface area contributed by atoms with Gasteiger partial charge in [-0.05, 0) is 111 Å². The fourth-order valence-electron chi connectivity index (χ4n) is 10.6. The minimum absolute atomic E-state index is 0.00502. The zero-order chi connectivity index (χ0) is 78.7. The van der Waals surface area contributed by atoms with E-state index in [1.807, 2.05) is 36.4 Å². The van der Waals surface area contributed by atoms with E-state index in [0.29, 0.717) is 56.1 Å². The number of carboxylic acid groups (broad SMARTS) is 6. The number of nitrogens with one attached hydrogen (secondary N) is 12. The first-order valence-electron chi connectivity index (χ1n) is 34.5. The van der Waals surface area contributed by atoms with Crippen molar-refractivity contribution in [3.05, 3.63) is 77.9 Å². The normalized spacial score (nSPS) is 13.1. The molecule has 106 heavy (non-hydrogen) atoms. The van der Waals surface area contributed by atoms with Crippen LogP contribution in [0.4, 0.5) is 4.79 Å². The average Bonchev–Trinajstić information content (AvgIpc) is 0.896. The number of hydrogen-bond donors (Lipinski definition) is 20. The maximum Gasteiger partial charge on any atom is 0.326 e. The fourth-order valence-corrected chi connectivity index (χ4v) is 10.7. The largest absolute Gasteiger partial charge is 0.508 e. The number of thiol groups is 1. The molecule has 3 rings (SSSR count). The van der Waals surface area contributed by atoms with Gasteiger partial charge in [0.2, 0.25) is 59.1 Å². The third kappa shape index (κ3) is 37.3. The summed E-state index contributed by atoms with van der Waals surface area (Å²) in [6.07, 6.45) is -0.639. The molecule has 0 spiro atoms. The second-order valence-electron chi connectivity index (χ2n) is 24.9. The number of carbonyl (C=O) groups excluding carboxylic acids is 11. The Morgan fingerprint density at radius 1 is 0.349 bits per heavy atom. The zero-order valence-electron chi connectivity index (χ0n) is 58.6. The van der Waals surface area contributed by atoms with Gasteiger partial charge < -0.3 is 99.5 Å². The van der Waals surface area contributed by atoms with Gasteiger partial charge in [0.1, 0.15) is 54.1 Å². The molecule has 3 unspecified atom stereocenters. The van der Waals surface area contributed by atoms with Crippen molar-refractivity contribution in [3.63, 3.8) is 0 Å². The molecule has 0 aromatic heterocycles. The molecule has 36 nitrogen and oxygen atoms in total. The lowest BCUT2D eigenvalue weighted by Gasteiger charge is -2.25. The zero-order valence-corrected chi connectivity index (χ0v) is 59.5.